The molecule has 0 aromatic heterocycles. The van der Waals surface area contributed by atoms with E-state index in [0.717, 1.165) is 29.8 Å². The summed E-state index contributed by atoms with van der Waals surface area (Å²) in [6.07, 6.45) is 1.10. The van der Waals surface area contributed by atoms with Crippen molar-refractivity contribution in [2.45, 2.75) is 26.3 Å². The zero-order chi connectivity index (χ0) is 13.4. The Labute approximate surface area is 118 Å². The number of rotatable bonds is 8. The summed E-state index contributed by atoms with van der Waals surface area (Å²) < 4.78 is 11.9. The highest BCUT2D eigenvalue weighted by Crippen LogP contribution is 2.28. The van der Waals surface area contributed by atoms with Gasteiger partial charge in [0.25, 0.3) is 0 Å². The van der Waals surface area contributed by atoms with Crippen LogP contribution in [0.25, 0.3) is 0 Å². The molecule has 3 nitrogen and oxygen atoms in total. The molecule has 0 fully saturated rings. The van der Waals surface area contributed by atoms with Crippen LogP contribution in [0.1, 0.15) is 31.9 Å². The first-order valence-electron chi connectivity index (χ1n) is 6.37. The van der Waals surface area contributed by atoms with Crippen molar-refractivity contribution in [3.63, 3.8) is 0 Å². The van der Waals surface area contributed by atoms with Gasteiger partial charge < -0.3 is 14.8 Å². The molecule has 1 rings (SSSR count). The second-order valence-electron chi connectivity index (χ2n) is 4.05. The maximum absolute atomic E-state index is 5.55. The largest absolute Gasteiger partial charge is 0.497 e. The lowest BCUT2D eigenvalue weighted by Gasteiger charge is -2.20. The standard InChI is InChI=1S/C14H22BrNO2/c1-4-8-16-14(10-18-5-2)12-9-11(17-3)6-7-13(12)15/h6-7,9,14,16H,4-5,8,10H2,1-3H3. The van der Waals surface area contributed by atoms with Crippen LogP contribution in [0, 0.1) is 0 Å². The van der Waals surface area contributed by atoms with E-state index in [1.54, 1.807) is 7.11 Å². The van der Waals surface area contributed by atoms with Crippen LogP contribution >= 0.6 is 15.9 Å². The van der Waals surface area contributed by atoms with Crippen molar-refractivity contribution >= 4 is 15.9 Å². The minimum absolute atomic E-state index is 0.189. The van der Waals surface area contributed by atoms with E-state index in [-0.39, 0.29) is 6.04 Å². The quantitative estimate of drug-likeness (QED) is 0.796. The summed E-state index contributed by atoms with van der Waals surface area (Å²) in [5.41, 5.74) is 1.18. The van der Waals surface area contributed by atoms with Gasteiger partial charge in [0.15, 0.2) is 0 Å². The SMILES string of the molecule is CCCNC(COCC)c1cc(OC)ccc1Br. The third-order valence-electron chi connectivity index (χ3n) is 2.71. The third kappa shape index (κ3) is 4.59. The van der Waals surface area contributed by atoms with E-state index in [1.165, 1.54) is 5.56 Å². The Morgan fingerprint density at radius 2 is 2.11 bits per heavy atom. The average molecular weight is 316 g/mol. The minimum atomic E-state index is 0.189. The molecule has 1 aromatic rings. The van der Waals surface area contributed by atoms with Crippen LogP contribution in [0.5, 0.6) is 5.75 Å². The van der Waals surface area contributed by atoms with Gasteiger partial charge in [-0.05, 0) is 43.7 Å². The lowest BCUT2D eigenvalue weighted by atomic mass is 10.1. The summed E-state index contributed by atoms with van der Waals surface area (Å²) in [5, 5.41) is 3.50. The Balaban J connectivity index is 2.87. The Morgan fingerprint density at radius 1 is 1.33 bits per heavy atom. The zero-order valence-electron chi connectivity index (χ0n) is 11.3. The summed E-state index contributed by atoms with van der Waals surface area (Å²) in [6.45, 7) is 6.54. The molecule has 0 spiro atoms. The van der Waals surface area contributed by atoms with E-state index in [2.05, 4.69) is 34.2 Å². The molecule has 1 unspecified atom stereocenters. The number of halogens is 1. The minimum Gasteiger partial charge on any atom is -0.497 e. The molecular weight excluding hydrogens is 294 g/mol. The van der Waals surface area contributed by atoms with E-state index in [0.29, 0.717) is 6.61 Å². The van der Waals surface area contributed by atoms with Crippen LogP contribution in [0.4, 0.5) is 0 Å². The number of hydrogen-bond acceptors (Lipinski definition) is 3. The number of hydrogen-bond donors (Lipinski definition) is 1. The van der Waals surface area contributed by atoms with Crippen LogP contribution in [-0.4, -0.2) is 26.9 Å². The lowest BCUT2D eigenvalue weighted by molar-refractivity contribution is 0.123. The fraction of sp³-hybridized carbons (Fsp3) is 0.571. The first-order valence-corrected chi connectivity index (χ1v) is 7.16. The lowest BCUT2D eigenvalue weighted by Crippen LogP contribution is -2.26. The van der Waals surface area contributed by atoms with Crippen molar-refractivity contribution in [2.75, 3.05) is 26.9 Å². The summed E-state index contributed by atoms with van der Waals surface area (Å²) >= 11 is 3.59. The van der Waals surface area contributed by atoms with Gasteiger partial charge in [-0.2, -0.15) is 0 Å². The molecule has 0 aliphatic rings. The van der Waals surface area contributed by atoms with E-state index >= 15 is 0 Å². The van der Waals surface area contributed by atoms with Crippen LogP contribution in [0.15, 0.2) is 22.7 Å². The normalized spacial score (nSPS) is 12.4. The number of nitrogens with one attached hydrogen (secondary N) is 1. The van der Waals surface area contributed by atoms with Crippen molar-refractivity contribution in [3.8, 4) is 5.75 Å². The predicted octanol–water partition coefficient (Wildman–Crippen LogP) is 3.53. The monoisotopic (exact) mass is 315 g/mol. The van der Waals surface area contributed by atoms with Crippen LogP contribution in [0.2, 0.25) is 0 Å². The molecule has 0 heterocycles. The third-order valence-corrected chi connectivity index (χ3v) is 3.43. The second-order valence-corrected chi connectivity index (χ2v) is 4.91. The molecule has 0 amide bonds. The topological polar surface area (TPSA) is 30.5 Å². The first kappa shape index (κ1) is 15.5. The molecule has 18 heavy (non-hydrogen) atoms. The summed E-state index contributed by atoms with van der Waals surface area (Å²) in [7, 11) is 1.68. The van der Waals surface area contributed by atoms with E-state index in [9.17, 15) is 0 Å². The van der Waals surface area contributed by atoms with Gasteiger partial charge in [-0.15, -0.1) is 0 Å². The summed E-state index contributed by atoms with van der Waals surface area (Å²) in [6, 6.07) is 6.21. The van der Waals surface area contributed by atoms with Crippen LogP contribution in [-0.2, 0) is 4.74 Å². The molecule has 0 aliphatic carbocycles. The fourth-order valence-corrected chi connectivity index (χ4v) is 2.25. The van der Waals surface area contributed by atoms with Crippen molar-refractivity contribution in [1.82, 2.24) is 5.32 Å². The Kier molecular flexibility index (Phi) is 7.32. The number of methoxy groups -OCH3 is 1. The molecule has 0 aliphatic heterocycles. The smallest absolute Gasteiger partial charge is 0.119 e. The van der Waals surface area contributed by atoms with Crippen molar-refractivity contribution in [1.29, 1.82) is 0 Å². The van der Waals surface area contributed by atoms with Gasteiger partial charge in [0.05, 0.1) is 19.8 Å². The maximum atomic E-state index is 5.55. The highest BCUT2D eigenvalue weighted by Gasteiger charge is 2.14. The molecule has 4 heteroatoms. The zero-order valence-corrected chi connectivity index (χ0v) is 12.9. The number of benzene rings is 1. The van der Waals surface area contributed by atoms with Gasteiger partial charge in [-0.3, -0.25) is 0 Å². The van der Waals surface area contributed by atoms with E-state index in [1.807, 2.05) is 19.1 Å². The number of ether oxygens (including phenoxy) is 2. The average Bonchev–Trinajstić information content (AvgIpc) is 2.40. The molecule has 102 valence electrons. The van der Waals surface area contributed by atoms with Crippen molar-refractivity contribution < 1.29 is 9.47 Å². The Hall–Kier alpha value is -0.580. The molecule has 0 bridgehead atoms. The summed E-state index contributed by atoms with van der Waals surface area (Å²) in [4.78, 5) is 0. The predicted molar refractivity (Wildman–Crippen MR) is 78.2 cm³/mol. The van der Waals surface area contributed by atoms with Crippen molar-refractivity contribution in [2.24, 2.45) is 0 Å². The van der Waals surface area contributed by atoms with Gasteiger partial charge in [0.1, 0.15) is 5.75 Å². The van der Waals surface area contributed by atoms with Gasteiger partial charge in [-0.25, -0.2) is 0 Å². The molecule has 1 N–H and O–H groups in total. The highest BCUT2D eigenvalue weighted by molar-refractivity contribution is 9.10. The molecular formula is C14H22BrNO2. The second kappa shape index (κ2) is 8.51. The Morgan fingerprint density at radius 3 is 2.72 bits per heavy atom. The summed E-state index contributed by atoms with van der Waals surface area (Å²) in [5.74, 6) is 0.869. The molecule has 0 saturated carbocycles. The fourth-order valence-electron chi connectivity index (χ4n) is 1.73. The van der Waals surface area contributed by atoms with Gasteiger partial charge in [0, 0.05) is 11.1 Å². The van der Waals surface area contributed by atoms with Crippen molar-refractivity contribution in [3.05, 3.63) is 28.2 Å². The molecule has 0 radical (unpaired) electrons. The van der Waals surface area contributed by atoms with Crippen LogP contribution in [0.3, 0.4) is 0 Å². The van der Waals surface area contributed by atoms with E-state index in [4.69, 9.17) is 9.47 Å². The Bertz CT molecular complexity index is 350. The molecule has 1 aromatic carbocycles. The molecule has 1 atom stereocenters. The van der Waals surface area contributed by atoms with Gasteiger partial charge >= 0.3 is 0 Å². The first-order chi connectivity index (χ1) is 8.72. The maximum Gasteiger partial charge on any atom is 0.119 e. The molecule has 0 saturated heterocycles. The van der Waals surface area contributed by atoms with E-state index < -0.39 is 0 Å². The van der Waals surface area contributed by atoms with Crippen LogP contribution < -0.4 is 10.1 Å². The highest BCUT2D eigenvalue weighted by atomic mass is 79.9. The van der Waals surface area contributed by atoms with Gasteiger partial charge in [-0.1, -0.05) is 22.9 Å². The van der Waals surface area contributed by atoms with Gasteiger partial charge in [0.2, 0.25) is 0 Å².